The van der Waals surface area contributed by atoms with Gasteiger partial charge in [-0.1, -0.05) is 60.1 Å². The molecule has 1 atom stereocenters. The molecule has 2 N–H and O–H groups in total. The minimum Gasteiger partial charge on any atom is -0.319 e. The Morgan fingerprint density at radius 2 is 1.76 bits per heavy atom. The van der Waals surface area contributed by atoms with Gasteiger partial charge in [-0.05, 0) is 41.8 Å². The molecule has 0 fully saturated rings. The normalized spacial score (nSPS) is 11.7. The van der Waals surface area contributed by atoms with Gasteiger partial charge in [0.1, 0.15) is 5.69 Å². The Labute approximate surface area is 173 Å². The summed E-state index contributed by atoms with van der Waals surface area (Å²) in [6, 6.07) is 21.5. The van der Waals surface area contributed by atoms with Crippen LogP contribution in [-0.2, 0) is 4.79 Å². The summed E-state index contributed by atoms with van der Waals surface area (Å²) in [7, 11) is 0. The maximum absolute atomic E-state index is 12.5. The molecular weight excluding hydrogens is 390 g/mol. The highest BCUT2D eigenvalue weighted by molar-refractivity contribution is 6.30. The number of anilines is 1. The molecular formula is C22H20ClN3O3. The Balaban J connectivity index is 1.76. The number of hydrogen-bond donors (Lipinski definition) is 2. The lowest BCUT2D eigenvalue weighted by molar-refractivity contribution is -0.384. The Hall–Kier alpha value is -3.22. The van der Waals surface area contributed by atoms with Crippen molar-refractivity contribution in [1.82, 2.24) is 5.32 Å². The molecule has 0 aliphatic carbocycles. The number of nitrogens with one attached hydrogen (secondary N) is 2. The van der Waals surface area contributed by atoms with Crippen LogP contribution in [0.2, 0.25) is 5.02 Å². The van der Waals surface area contributed by atoms with Gasteiger partial charge in [0.25, 0.3) is 5.69 Å². The van der Waals surface area contributed by atoms with E-state index in [1.165, 1.54) is 12.1 Å². The smallest absolute Gasteiger partial charge is 0.293 e. The summed E-state index contributed by atoms with van der Waals surface area (Å²) in [5, 5.41) is 17.7. The third-order valence-electron chi connectivity index (χ3n) is 4.41. The number of carbonyl (C=O) groups excluding carboxylic acids is 1. The first-order chi connectivity index (χ1) is 13.9. The fraction of sp³-hybridized carbons (Fsp3) is 0.136. The molecule has 1 unspecified atom stereocenters. The summed E-state index contributed by atoms with van der Waals surface area (Å²) in [4.78, 5) is 23.2. The van der Waals surface area contributed by atoms with E-state index in [4.69, 9.17) is 11.6 Å². The van der Waals surface area contributed by atoms with Crippen molar-refractivity contribution in [3.05, 3.63) is 105 Å². The number of benzene rings is 3. The topological polar surface area (TPSA) is 84.3 Å². The fourth-order valence-electron chi connectivity index (χ4n) is 3.05. The highest BCUT2D eigenvalue weighted by Gasteiger charge is 2.18. The molecule has 0 saturated heterocycles. The van der Waals surface area contributed by atoms with Gasteiger partial charge in [-0.15, -0.1) is 0 Å². The zero-order chi connectivity index (χ0) is 20.8. The van der Waals surface area contributed by atoms with Crippen molar-refractivity contribution >= 4 is 28.9 Å². The summed E-state index contributed by atoms with van der Waals surface area (Å²) in [6.07, 6.45) is 0. The number of halogens is 1. The standard InChI is InChI=1S/C22H20ClN3O3/c1-15-10-11-19(20(12-15)26(28)29)25-21(27)14-24-22(16-6-3-2-4-7-16)17-8-5-9-18(23)13-17/h2-13,22,24H,14H2,1H3,(H,25,27). The van der Waals surface area contributed by atoms with E-state index in [1.54, 1.807) is 19.1 Å². The number of hydrogen-bond acceptors (Lipinski definition) is 4. The molecule has 0 saturated carbocycles. The Morgan fingerprint density at radius 3 is 2.45 bits per heavy atom. The maximum atomic E-state index is 12.5. The number of rotatable bonds is 7. The lowest BCUT2D eigenvalue weighted by Crippen LogP contribution is -2.32. The SMILES string of the molecule is Cc1ccc(NC(=O)CNC(c2ccccc2)c2cccc(Cl)c2)c([N+](=O)[O-])c1. The van der Waals surface area contributed by atoms with E-state index < -0.39 is 4.92 Å². The largest absolute Gasteiger partial charge is 0.319 e. The number of nitro benzene ring substituents is 1. The lowest BCUT2D eigenvalue weighted by Gasteiger charge is -2.20. The Kier molecular flexibility index (Phi) is 6.59. The molecule has 7 heteroatoms. The van der Waals surface area contributed by atoms with Gasteiger partial charge in [0, 0.05) is 11.1 Å². The van der Waals surface area contributed by atoms with Crippen LogP contribution in [0, 0.1) is 17.0 Å². The van der Waals surface area contributed by atoms with E-state index in [-0.39, 0.29) is 29.9 Å². The van der Waals surface area contributed by atoms with Gasteiger partial charge in [0.2, 0.25) is 5.91 Å². The molecule has 0 spiro atoms. The van der Waals surface area contributed by atoms with Crippen LogP contribution in [-0.4, -0.2) is 17.4 Å². The van der Waals surface area contributed by atoms with Gasteiger partial charge < -0.3 is 5.32 Å². The highest BCUT2D eigenvalue weighted by atomic mass is 35.5. The van der Waals surface area contributed by atoms with Gasteiger partial charge >= 0.3 is 0 Å². The minimum absolute atomic E-state index is 0.0306. The molecule has 3 rings (SSSR count). The van der Waals surface area contributed by atoms with Crippen LogP contribution < -0.4 is 10.6 Å². The maximum Gasteiger partial charge on any atom is 0.293 e. The number of amides is 1. The number of nitrogens with zero attached hydrogens (tertiary/aromatic N) is 1. The second-order valence-electron chi connectivity index (χ2n) is 6.61. The zero-order valence-electron chi connectivity index (χ0n) is 15.8. The third-order valence-corrected chi connectivity index (χ3v) is 4.64. The molecule has 0 aliphatic heterocycles. The van der Waals surface area contributed by atoms with Crippen LogP contribution in [0.5, 0.6) is 0 Å². The molecule has 148 valence electrons. The van der Waals surface area contributed by atoms with E-state index in [0.29, 0.717) is 5.02 Å². The van der Waals surface area contributed by atoms with Crippen LogP contribution in [0.15, 0.2) is 72.8 Å². The van der Waals surface area contributed by atoms with Crippen LogP contribution in [0.4, 0.5) is 11.4 Å². The van der Waals surface area contributed by atoms with E-state index >= 15 is 0 Å². The van der Waals surface area contributed by atoms with Gasteiger partial charge in [0.05, 0.1) is 17.5 Å². The van der Waals surface area contributed by atoms with Gasteiger partial charge in [0.15, 0.2) is 0 Å². The molecule has 0 heterocycles. The second kappa shape index (κ2) is 9.32. The second-order valence-corrected chi connectivity index (χ2v) is 7.04. The molecule has 0 radical (unpaired) electrons. The number of aryl methyl sites for hydroxylation is 1. The summed E-state index contributed by atoms with van der Waals surface area (Å²) >= 11 is 6.14. The lowest BCUT2D eigenvalue weighted by atomic mass is 9.99. The predicted molar refractivity (Wildman–Crippen MR) is 114 cm³/mol. The quantitative estimate of drug-likeness (QED) is 0.430. The average Bonchev–Trinajstić information content (AvgIpc) is 2.70. The summed E-state index contributed by atoms with van der Waals surface area (Å²) in [6.45, 7) is 1.73. The first-order valence-corrected chi connectivity index (χ1v) is 9.40. The van der Waals surface area contributed by atoms with Crippen molar-refractivity contribution in [3.8, 4) is 0 Å². The summed E-state index contributed by atoms with van der Waals surface area (Å²) in [5.74, 6) is -0.375. The summed E-state index contributed by atoms with van der Waals surface area (Å²) < 4.78 is 0. The number of nitro groups is 1. The highest BCUT2D eigenvalue weighted by Crippen LogP contribution is 2.26. The molecule has 1 amide bonds. The molecule has 0 aromatic heterocycles. The van der Waals surface area contributed by atoms with Crippen LogP contribution in [0.3, 0.4) is 0 Å². The first kappa shape index (κ1) is 20.5. The van der Waals surface area contributed by atoms with Crippen molar-refractivity contribution in [1.29, 1.82) is 0 Å². The minimum atomic E-state index is -0.505. The van der Waals surface area contributed by atoms with E-state index in [0.717, 1.165) is 16.7 Å². The van der Waals surface area contributed by atoms with Gasteiger partial charge in [-0.25, -0.2) is 0 Å². The van der Waals surface area contributed by atoms with Crippen molar-refractivity contribution in [3.63, 3.8) is 0 Å². The van der Waals surface area contributed by atoms with E-state index in [9.17, 15) is 14.9 Å². The molecule has 3 aromatic carbocycles. The van der Waals surface area contributed by atoms with Crippen molar-refractivity contribution in [2.24, 2.45) is 0 Å². The monoisotopic (exact) mass is 409 g/mol. The molecule has 0 bridgehead atoms. The predicted octanol–water partition coefficient (Wildman–Crippen LogP) is 4.87. The molecule has 29 heavy (non-hydrogen) atoms. The van der Waals surface area contributed by atoms with E-state index in [2.05, 4.69) is 10.6 Å². The summed E-state index contributed by atoms with van der Waals surface area (Å²) in [5.41, 5.74) is 2.68. The fourth-order valence-corrected chi connectivity index (χ4v) is 3.25. The number of carbonyl (C=O) groups is 1. The average molecular weight is 410 g/mol. The van der Waals surface area contributed by atoms with Crippen LogP contribution in [0.1, 0.15) is 22.7 Å². The first-order valence-electron chi connectivity index (χ1n) is 9.03. The molecule has 0 aliphatic rings. The molecule has 6 nitrogen and oxygen atoms in total. The van der Waals surface area contributed by atoms with Crippen molar-refractivity contribution in [2.45, 2.75) is 13.0 Å². The zero-order valence-corrected chi connectivity index (χ0v) is 16.5. The van der Waals surface area contributed by atoms with Crippen LogP contribution >= 0.6 is 11.6 Å². The van der Waals surface area contributed by atoms with Crippen molar-refractivity contribution < 1.29 is 9.72 Å². The third kappa shape index (κ3) is 5.40. The molecule has 3 aromatic rings. The van der Waals surface area contributed by atoms with Gasteiger partial charge in [-0.2, -0.15) is 0 Å². The van der Waals surface area contributed by atoms with Gasteiger partial charge in [-0.3, -0.25) is 20.2 Å². The van der Waals surface area contributed by atoms with Crippen molar-refractivity contribution in [2.75, 3.05) is 11.9 Å². The Morgan fingerprint density at radius 1 is 1.03 bits per heavy atom. The van der Waals surface area contributed by atoms with E-state index in [1.807, 2.05) is 48.5 Å². The Bertz CT molecular complexity index is 1020. The van der Waals surface area contributed by atoms with Crippen LogP contribution in [0.25, 0.3) is 0 Å².